The molecule has 0 bridgehead atoms. The van der Waals surface area contributed by atoms with E-state index < -0.39 is 0 Å². The molecule has 1 aliphatic rings. The molecule has 55 heavy (non-hydrogen) atoms. The second kappa shape index (κ2) is 10.8. The van der Waals surface area contributed by atoms with Gasteiger partial charge >= 0.3 is 0 Å². The summed E-state index contributed by atoms with van der Waals surface area (Å²) in [5.74, 6) is 0. The molecule has 3 heterocycles. The largest absolute Gasteiger partial charge is 0.309 e. The predicted molar refractivity (Wildman–Crippen MR) is 235 cm³/mol. The van der Waals surface area contributed by atoms with Crippen molar-refractivity contribution in [1.82, 2.24) is 9.13 Å². The Bertz CT molecular complexity index is 3600. The lowest BCUT2D eigenvalue weighted by molar-refractivity contribution is 1.17. The van der Waals surface area contributed by atoms with Crippen molar-refractivity contribution in [3.05, 3.63) is 182 Å². The van der Waals surface area contributed by atoms with Crippen LogP contribution in [0.5, 0.6) is 0 Å². The first kappa shape index (κ1) is 29.5. The second-order valence-electron chi connectivity index (χ2n) is 14.9. The molecule has 3 aromatic heterocycles. The summed E-state index contributed by atoms with van der Waals surface area (Å²) in [5.41, 5.74) is 15.1. The Morgan fingerprint density at radius 1 is 0.291 bits per heavy atom. The lowest BCUT2D eigenvalue weighted by Crippen LogP contribution is -1.95. The fourth-order valence-corrected chi connectivity index (χ4v) is 10.8. The summed E-state index contributed by atoms with van der Waals surface area (Å²) in [6, 6.07) is 67.5. The molecule has 254 valence electrons. The van der Waals surface area contributed by atoms with Crippen molar-refractivity contribution in [3.63, 3.8) is 0 Å². The van der Waals surface area contributed by atoms with E-state index in [-0.39, 0.29) is 0 Å². The van der Waals surface area contributed by atoms with Crippen molar-refractivity contribution in [2.45, 2.75) is 0 Å². The third-order valence-corrected chi connectivity index (χ3v) is 13.2. The molecule has 0 saturated carbocycles. The Morgan fingerprint density at radius 3 is 1.64 bits per heavy atom. The second-order valence-corrected chi connectivity index (χ2v) is 15.9. The maximum atomic E-state index is 2.44. The van der Waals surface area contributed by atoms with Crippen LogP contribution >= 0.6 is 11.3 Å². The van der Waals surface area contributed by atoms with Crippen LogP contribution in [0.2, 0.25) is 0 Å². The number of hydrogen-bond acceptors (Lipinski definition) is 1. The summed E-state index contributed by atoms with van der Waals surface area (Å²) in [7, 11) is 0. The number of para-hydroxylation sites is 3. The first-order valence-electron chi connectivity index (χ1n) is 18.9. The van der Waals surface area contributed by atoms with Crippen LogP contribution in [0.15, 0.2) is 182 Å². The highest BCUT2D eigenvalue weighted by molar-refractivity contribution is 7.26. The highest BCUT2D eigenvalue weighted by Gasteiger charge is 2.24. The minimum Gasteiger partial charge on any atom is -0.309 e. The lowest BCUT2D eigenvalue weighted by Gasteiger charge is -2.11. The highest BCUT2D eigenvalue weighted by Crippen LogP contribution is 2.52. The van der Waals surface area contributed by atoms with Gasteiger partial charge in [0.1, 0.15) is 0 Å². The van der Waals surface area contributed by atoms with E-state index in [0.717, 1.165) is 0 Å². The van der Waals surface area contributed by atoms with Crippen molar-refractivity contribution >= 4 is 85.9 Å². The van der Waals surface area contributed by atoms with E-state index in [1.807, 2.05) is 11.3 Å². The molecule has 0 radical (unpaired) electrons. The van der Waals surface area contributed by atoms with E-state index in [2.05, 4.69) is 191 Å². The van der Waals surface area contributed by atoms with Crippen molar-refractivity contribution in [1.29, 1.82) is 0 Å². The predicted octanol–water partition coefficient (Wildman–Crippen LogP) is 14.7. The van der Waals surface area contributed by atoms with Crippen molar-refractivity contribution in [3.8, 4) is 44.8 Å². The van der Waals surface area contributed by atoms with Crippen molar-refractivity contribution in [2.24, 2.45) is 0 Å². The Morgan fingerprint density at radius 2 is 0.855 bits per heavy atom. The van der Waals surface area contributed by atoms with Gasteiger partial charge in [-0.3, -0.25) is 0 Å². The zero-order chi connectivity index (χ0) is 35.8. The molecule has 0 aliphatic heterocycles. The summed E-state index contributed by atoms with van der Waals surface area (Å²) in [6.45, 7) is 0. The Balaban J connectivity index is 0.997. The number of rotatable bonds is 3. The third-order valence-electron chi connectivity index (χ3n) is 12.0. The van der Waals surface area contributed by atoms with Crippen LogP contribution in [0.3, 0.4) is 0 Å². The zero-order valence-electron chi connectivity index (χ0n) is 29.6. The normalized spacial score (nSPS) is 12.4. The van der Waals surface area contributed by atoms with Crippen molar-refractivity contribution in [2.75, 3.05) is 0 Å². The third kappa shape index (κ3) is 3.97. The van der Waals surface area contributed by atoms with Crippen LogP contribution < -0.4 is 0 Å². The quantitative estimate of drug-likeness (QED) is 0.172. The minimum absolute atomic E-state index is 1.17. The molecule has 0 saturated heterocycles. The van der Waals surface area contributed by atoms with Crippen LogP contribution in [0.25, 0.3) is 119 Å². The standard InChI is InChI=1S/C52H30N2S/c1-2-11-33(12-3-1)53-45-19-8-7-16-38(45)42-29-34(23-25-48(42)53)54-46-20-9-6-15-37(46)41-27-31(21-24-47(41)54)32-22-26-49-44(28-32)52-40-18-10-17-39-35-13-4-5-14-36(35)43(51(39)40)30-50(52)55-49/h1-30H. The Kier molecular flexibility index (Phi) is 5.80. The zero-order valence-corrected chi connectivity index (χ0v) is 30.4. The van der Waals surface area contributed by atoms with Crippen LogP contribution in [-0.4, -0.2) is 9.13 Å². The first-order valence-corrected chi connectivity index (χ1v) is 19.7. The first-order chi connectivity index (χ1) is 27.3. The molecular formula is C52H30N2S. The number of benzene rings is 9. The van der Waals surface area contributed by atoms with Gasteiger partial charge in [0.05, 0.1) is 22.1 Å². The maximum absolute atomic E-state index is 2.44. The SMILES string of the molecule is c1ccc(-n2c3ccccc3c3cc(-n4c5ccccc5c5cc(-c6ccc7sc8cc9c%10c(cccc%10c8c7c6)-c6ccccc6-9)ccc54)ccc32)cc1. The van der Waals surface area contributed by atoms with Crippen LogP contribution in [0.4, 0.5) is 0 Å². The summed E-state index contributed by atoms with van der Waals surface area (Å²) < 4.78 is 7.51. The molecule has 0 fully saturated rings. The lowest BCUT2D eigenvalue weighted by atomic mass is 9.96. The number of thiophene rings is 1. The van der Waals surface area contributed by atoms with Gasteiger partial charge in [-0.25, -0.2) is 0 Å². The van der Waals surface area contributed by atoms with Gasteiger partial charge in [-0.05, 0) is 117 Å². The fraction of sp³-hybridized carbons (Fsp3) is 0. The molecule has 1 aliphatic carbocycles. The van der Waals surface area contributed by atoms with Crippen LogP contribution in [0.1, 0.15) is 0 Å². The molecule has 13 rings (SSSR count). The van der Waals surface area contributed by atoms with Gasteiger partial charge in [0, 0.05) is 53.1 Å². The molecule has 0 spiro atoms. The van der Waals surface area contributed by atoms with Crippen molar-refractivity contribution < 1.29 is 0 Å². The van der Waals surface area contributed by atoms with Crippen LogP contribution in [0, 0.1) is 0 Å². The van der Waals surface area contributed by atoms with Gasteiger partial charge in [-0.2, -0.15) is 0 Å². The van der Waals surface area contributed by atoms with Gasteiger partial charge in [0.25, 0.3) is 0 Å². The van der Waals surface area contributed by atoms with E-state index >= 15 is 0 Å². The molecule has 0 amide bonds. The van der Waals surface area contributed by atoms with Gasteiger partial charge in [0.15, 0.2) is 0 Å². The van der Waals surface area contributed by atoms with Crippen LogP contribution in [-0.2, 0) is 0 Å². The number of hydrogen-bond donors (Lipinski definition) is 0. The number of aromatic nitrogens is 2. The van der Waals surface area contributed by atoms with Gasteiger partial charge in [-0.1, -0.05) is 109 Å². The molecule has 9 aromatic carbocycles. The summed E-state index contributed by atoms with van der Waals surface area (Å²) in [4.78, 5) is 0. The van der Waals surface area contributed by atoms with Gasteiger partial charge in [0.2, 0.25) is 0 Å². The Hall–Kier alpha value is -6.94. The van der Waals surface area contributed by atoms with E-state index in [0.29, 0.717) is 0 Å². The Labute approximate surface area is 320 Å². The summed E-state index contributed by atoms with van der Waals surface area (Å²) >= 11 is 1.91. The van der Waals surface area contributed by atoms with E-state index in [1.54, 1.807) is 0 Å². The van der Waals surface area contributed by atoms with E-state index in [1.165, 1.54) is 119 Å². The minimum atomic E-state index is 1.17. The molecule has 0 N–H and O–H groups in total. The molecule has 0 atom stereocenters. The van der Waals surface area contributed by atoms with E-state index in [4.69, 9.17) is 0 Å². The van der Waals surface area contributed by atoms with Gasteiger partial charge in [-0.15, -0.1) is 11.3 Å². The number of fused-ring (bicyclic) bond motifs is 13. The number of nitrogens with zero attached hydrogens (tertiary/aromatic N) is 2. The molecule has 0 unspecified atom stereocenters. The topological polar surface area (TPSA) is 9.86 Å². The summed E-state index contributed by atoms with van der Waals surface area (Å²) in [6.07, 6.45) is 0. The highest BCUT2D eigenvalue weighted by atomic mass is 32.1. The van der Waals surface area contributed by atoms with E-state index in [9.17, 15) is 0 Å². The monoisotopic (exact) mass is 714 g/mol. The molecule has 12 aromatic rings. The summed E-state index contributed by atoms with van der Waals surface area (Å²) in [5, 5.41) is 10.5. The average molecular weight is 715 g/mol. The smallest absolute Gasteiger partial charge is 0.0542 e. The molecule has 2 nitrogen and oxygen atoms in total. The fourth-order valence-electron chi connectivity index (χ4n) is 9.71. The van der Waals surface area contributed by atoms with Gasteiger partial charge < -0.3 is 9.13 Å². The molecule has 3 heteroatoms. The average Bonchev–Trinajstić information content (AvgIpc) is 3.98. The molecular weight excluding hydrogens is 685 g/mol. The maximum Gasteiger partial charge on any atom is 0.0542 e.